The van der Waals surface area contributed by atoms with Gasteiger partial charge >= 0.3 is 0 Å². The SMILES string of the molecule is COc1cc(CN2CCN(CCOc3ccccc3)CC2)cc(Cl)c1O. The van der Waals surface area contributed by atoms with Crippen LogP contribution in [0.1, 0.15) is 5.56 Å². The molecule has 0 bridgehead atoms. The van der Waals surface area contributed by atoms with Crippen LogP contribution >= 0.6 is 11.6 Å². The van der Waals surface area contributed by atoms with Crippen LogP contribution < -0.4 is 9.47 Å². The molecule has 0 saturated carbocycles. The summed E-state index contributed by atoms with van der Waals surface area (Å²) in [5, 5.41) is 10.2. The van der Waals surface area contributed by atoms with Crippen LogP contribution in [0.3, 0.4) is 0 Å². The Hall–Kier alpha value is -1.95. The van der Waals surface area contributed by atoms with Gasteiger partial charge in [-0.25, -0.2) is 0 Å². The Balaban J connectivity index is 1.43. The minimum Gasteiger partial charge on any atom is -0.503 e. The predicted octanol–water partition coefficient (Wildman–Crippen LogP) is 3.25. The van der Waals surface area contributed by atoms with Gasteiger partial charge in [0.1, 0.15) is 12.4 Å². The highest BCUT2D eigenvalue weighted by Gasteiger charge is 2.18. The van der Waals surface area contributed by atoms with Crippen LogP contribution in [0.2, 0.25) is 5.02 Å². The number of aromatic hydroxyl groups is 1. The first kappa shape index (κ1) is 18.8. The number of piperazine rings is 1. The molecule has 1 saturated heterocycles. The average molecular weight is 377 g/mol. The molecule has 1 fully saturated rings. The second kappa shape index (κ2) is 9.12. The van der Waals surface area contributed by atoms with Gasteiger partial charge in [-0.05, 0) is 29.8 Å². The van der Waals surface area contributed by atoms with E-state index < -0.39 is 0 Å². The van der Waals surface area contributed by atoms with E-state index in [1.165, 1.54) is 7.11 Å². The predicted molar refractivity (Wildman–Crippen MR) is 103 cm³/mol. The Morgan fingerprint density at radius 3 is 2.42 bits per heavy atom. The van der Waals surface area contributed by atoms with E-state index in [0.29, 0.717) is 17.4 Å². The van der Waals surface area contributed by atoms with Gasteiger partial charge in [-0.1, -0.05) is 29.8 Å². The van der Waals surface area contributed by atoms with Crippen molar-refractivity contribution < 1.29 is 14.6 Å². The molecule has 26 heavy (non-hydrogen) atoms. The Kier molecular flexibility index (Phi) is 6.61. The first-order valence-electron chi connectivity index (χ1n) is 8.83. The number of para-hydroxylation sites is 1. The first-order valence-corrected chi connectivity index (χ1v) is 9.21. The molecule has 5 nitrogen and oxygen atoms in total. The van der Waals surface area contributed by atoms with E-state index in [1.807, 2.05) is 36.4 Å². The van der Waals surface area contributed by atoms with E-state index in [0.717, 1.165) is 50.6 Å². The molecule has 2 aromatic rings. The maximum atomic E-state index is 9.84. The van der Waals surface area contributed by atoms with Gasteiger partial charge in [-0.3, -0.25) is 9.80 Å². The molecule has 1 aliphatic rings. The number of methoxy groups -OCH3 is 1. The fourth-order valence-electron chi connectivity index (χ4n) is 3.11. The smallest absolute Gasteiger partial charge is 0.176 e. The molecule has 0 spiro atoms. The average Bonchev–Trinajstić information content (AvgIpc) is 2.67. The summed E-state index contributed by atoms with van der Waals surface area (Å²) in [5.74, 6) is 1.34. The van der Waals surface area contributed by atoms with Crippen molar-refractivity contribution in [3.05, 3.63) is 53.1 Å². The fraction of sp³-hybridized carbons (Fsp3) is 0.400. The lowest BCUT2D eigenvalue weighted by Gasteiger charge is -2.34. The van der Waals surface area contributed by atoms with Crippen molar-refractivity contribution in [3.63, 3.8) is 0 Å². The molecule has 140 valence electrons. The molecule has 1 heterocycles. The number of hydrogen-bond acceptors (Lipinski definition) is 5. The minimum absolute atomic E-state index is 0.00107. The summed E-state index contributed by atoms with van der Waals surface area (Å²) in [6, 6.07) is 13.6. The van der Waals surface area contributed by atoms with Gasteiger partial charge in [0.05, 0.1) is 12.1 Å². The maximum Gasteiger partial charge on any atom is 0.176 e. The third-order valence-corrected chi connectivity index (χ3v) is 4.89. The summed E-state index contributed by atoms with van der Waals surface area (Å²) in [7, 11) is 1.53. The third-order valence-electron chi connectivity index (χ3n) is 4.60. The number of rotatable bonds is 7. The molecular formula is C20H25ClN2O3. The lowest BCUT2D eigenvalue weighted by Crippen LogP contribution is -2.47. The van der Waals surface area contributed by atoms with Crippen molar-refractivity contribution in [2.75, 3.05) is 46.4 Å². The maximum absolute atomic E-state index is 9.84. The number of benzene rings is 2. The highest BCUT2D eigenvalue weighted by atomic mass is 35.5. The summed E-state index contributed by atoms with van der Waals surface area (Å²) in [6.45, 7) is 6.45. The Labute approximate surface area is 159 Å². The Bertz CT molecular complexity index is 704. The van der Waals surface area contributed by atoms with Gasteiger partial charge in [0.2, 0.25) is 0 Å². The minimum atomic E-state index is 0.00107. The van der Waals surface area contributed by atoms with Gasteiger partial charge in [-0.2, -0.15) is 0 Å². The van der Waals surface area contributed by atoms with E-state index in [1.54, 1.807) is 6.07 Å². The number of halogens is 1. The van der Waals surface area contributed by atoms with Gasteiger partial charge < -0.3 is 14.6 Å². The third kappa shape index (κ3) is 5.04. The van der Waals surface area contributed by atoms with Crippen LogP contribution in [0, 0.1) is 0 Å². The van der Waals surface area contributed by atoms with Crippen molar-refractivity contribution in [3.8, 4) is 17.2 Å². The molecule has 0 aliphatic carbocycles. The van der Waals surface area contributed by atoms with E-state index in [-0.39, 0.29) is 5.75 Å². The standard InChI is InChI=1S/C20H25ClN2O3/c1-25-19-14-16(13-18(21)20(19)24)15-23-9-7-22(8-10-23)11-12-26-17-5-3-2-4-6-17/h2-6,13-14,24H,7-12,15H2,1H3. The number of ether oxygens (including phenoxy) is 2. The molecule has 0 amide bonds. The number of phenolic OH excluding ortho intramolecular Hbond substituents is 1. The highest BCUT2D eigenvalue weighted by Crippen LogP contribution is 2.35. The van der Waals surface area contributed by atoms with Crippen LogP contribution in [0.5, 0.6) is 17.2 Å². The summed E-state index contributed by atoms with van der Waals surface area (Å²) in [4.78, 5) is 4.81. The van der Waals surface area contributed by atoms with E-state index in [2.05, 4.69) is 9.80 Å². The van der Waals surface area contributed by atoms with Crippen LogP contribution in [0.25, 0.3) is 0 Å². The van der Waals surface area contributed by atoms with Crippen molar-refractivity contribution >= 4 is 11.6 Å². The summed E-state index contributed by atoms with van der Waals surface area (Å²) < 4.78 is 11.0. The molecule has 2 aromatic carbocycles. The van der Waals surface area contributed by atoms with Crippen molar-refractivity contribution in [2.45, 2.75) is 6.54 Å². The van der Waals surface area contributed by atoms with E-state index in [4.69, 9.17) is 21.1 Å². The van der Waals surface area contributed by atoms with Crippen LogP contribution in [0.15, 0.2) is 42.5 Å². The van der Waals surface area contributed by atoms with Gasteiger partial charge in [0.15, 0.2) is 11.5 Å². The molecule has 0 unspecified atom stereocenters. The van der Waals surface area contributed by atoms with Crippen LogP contribution in [-0.4, -0.2) is 61.3 Å². The Morgan fingerprint density at radius 2 is 1.73 bits per heavy atom. The van der Waals surface area contributed by atoms with Gasteiger partial charge in [0, 0.05) is 39.3 Å². The second-order valence-corrected chi connectivity index (χ2v) is 6.82. The number of hydrogen-bond donors (Lipinski definition) is 1. The normalized spacial score (nSPS) is 15.8. The van der Waals surface area contributed by atoms with Crippen LogP contribution in [0.4, 0.5) is 0 Å². The lowest BCUT2D eigenvalue weighted by atomic mass is 10.1. The van der Waals surface area contributed by atoms with Crippen molar-refractivity contribution in [1.82, 2.24) is 9.80 Å². The molecule has 0 aromatic heterocycles. The summed E-state index contributed by atoms with van der Waals surface area (Å²) in [6.07, 6.45) is 0. The fourth-order valence-corrected chi connectivity index (χ4v) is 3.35. The summed E-state index contributed by atoms with van der Waals surface area (Å²) >= 11 is 6.08. The molecular weight excluding hydrogens is 352 g/mol. The molecule has 1 N–H and O–H groups in total. The second-order valence-electron chi connectivity index (χ2n) is 6.41. The van der Waals surface area contributed by atoms with Gasteiger partial charge in [0.25, 0.3) is 0 Å². The summed E-state index contributed by atoms with van der Waals surface area (Å²) in [5.41, 5.74) is 1.05. The largest absolute Gasteiger partial charge is 0.503 e. The van der Waals surface area contributed by atoms with Gasteiger partial charge in [-0.15, -0.1) is 0 Å². The molecule has 0 radical (unpaired) electrons. The zero-order valence-corrected chi connectivity index (χ0v) is 15.8. The zero-order chi connectivity index (χ0) is 18.4. The van der Waals surface area contributed by atoms with Crippen molar-refractivity contribution in [1.29, 1.82) is 0 Å². The molecule has 1 aliphatic heterocycles. The zero-order valence-electron chi connectivity index (χ0n) is 15.0. The van der Waals surface area contributed by atoms with E-state index >= 15 is 0 Å². The molecule has 3 rings (SSSR count). The monoisotopic (exact) mass is 376 g/mol. The topological polar surface area (TPSA) is 45.2 Å². The molecule has 0 atom stereocenters. The molecule has 6 heteroatoms. The lowest BCUT2D eigenvalue weighted by molar-refractivity contribution is 0.112. The number of nitrogens with zero attached hydrogens (tertiary/aromatic N) is 2. The Morgan fingerprint density at radius 1 is 1.04 bits per heavy atom. The van der Waals surface area contributed by atoms with E-state index in [9.17, 15) is 5.11 Å². The quantitative estimate of drug-likeness (QED) is 0.803. The first-order chi connectivity index (χ1) is 12.7. The van der Waals surface area contributed by atoms with Crippen LogP contribution in [-0.2, 0) is 6.54 Å². The number of phenols is 1. The van der Waals surface area contributed by atoms with Crippen molar-refractivity contribution in [2.24, 2.45) is 0 Å². The highest BCUT2D eigenvalue weighted by molar-refractivity contribution is 6.32.